The molecular formula is C15H30IN3O2S. The lowest BCUT2D eigenvalue weighted by Crippen LogP contribution is -2.48. The van der Waals surface area contributed by atoms with Crippen LogP contribution >= 0.6 is 24.0 Å². The van der Waals surface area contributed by atoms with Crippen molar-refractivity contribution in [2.45, 2.75) is 46.1 Å². The van der Waals surface area contributed by atoms with Crippen LogP contribution in [0.3, 0.4) is 0 Å². The molecule has 130 valence electrons. The summed E-state index contributed by atoms with van der Waals surface area (Å²) in [6, 6.07) is 0.341. The van der Waals surface area contributed by atoms with Crippen molar-refractivity contribution in [3.8, 4) is 0 Å². The zero-order valence-electron chi connectivity index (χ0n) is 13.9. The van der Waals surface area contributed by atoms with E-state index in [9.17, 15) is 8.42 Å². The summed E-state index contributed by atoms with van der Waals surface area (Å²) >= 11 is 0. The first-order valence-corrected chi connectivity index (χ1v) is 9.94. The van der Waals surface area contributed by atoms with Crippen LogP contribution in [-0.4, -0.2) is 56.5 Å². The molecule has 7 heteroatoms. The lowest BCUT2D eigenvalue weighted by Gasteiger charge is -2.34. The first-order chi connectivity index (χ1) is 9.85. The highest BCUT2D eigenvalue weighted by molar-refractivity contribution is 14.0. The lowest BCUT2D eigenvalue weighted by molar-refractivity contribution is 0.264. The summed E-state index contributed by atoms with van der Waals surface area (Å²) < 4.78 is 23.1. The minimum Gasteiger partial charge on any atom is -0.354 e. The molecule has 0 spiro atoms. The van der Waals surface area contributed by atoms with E-state index in [2.05, 4.69) is 31.0 Å². The third kappa shape index (κ3) is 6.22. The molecule has 0 aromatic heterocycles. The van der Waals surface area contributed by atoms with Gasteiger partial charge in [0.15, 0.2) is 15.8 Å². The van der Waals surface area contributed by atoms with Crippen LogP contribution in [0.15, 0.2) is 4.99 Å². The summed E-state index contributed by atoms with van der Waals surface area (Å²) in [4.78, 5) is 7.07. The van der Waals surface area contributed by atoms with Gasteiger partial charge in [0.25, 0.3) is 0 Å². The van der Waals surface area contributed by atoms with E-state index in [1.54, 1.807) is 0 Å². The quantitative estimate of drug-likeness (QED) is 0.413. The van der Waals surface area contributed by atoms with E-state index in [0.717, 1.165) is 25.5 Å². The minimum absolute atomic E-state index is 0. The van der Waals surface area contributed by atoms with Gasteiger partial charge in [-0.25, -0.2) is 8.42 Å². The highest BCUT2D eigenvalue weighted by Gasteiger charge is 2.28. The number of guanidine groups is 1. The molecule has 1 N–H and O–H groups in total. The van der Waals surface area contributed by atoms with Gasteiger partial charge in [0, 0.05) is 25.7 Å². The van der Waals surface area contributed by atoms with Gasteiger partial charge < -0.3 is 10.2 Å². The van der Waals surface area contributed by atoms with Crippen molar-refractivity contribution in [3.05, 3.63) is 0 Å². The van der Waals surface area contributed by atoms with Crippen LogP contribution in [0.1, 0.15) is 40.0 Å². The Balaban J connectivity index is 0.00000242. The van der Waals surface area contributed by atoms with Gasteiger partial charge in [-0.15, -0.1) is 24.0 Å². The fraction of sp³-hybridized carbons (Fsp3) is 0.933. The Labute approximate surface area is 152 Å². The molecule has 2 heterocycles. The van der Waals surface area contributed by atoms with Gasteiger partial charge in [-0.05, 0) is 44.9 Å². The summed E-state index contributed by atoms with van der Waals surface area (Å²) in [7, 11) is -2.80. The molecule has 0 radical (unpaired) electrons. The molecule has 2 rings (SSSR count). The average molecular weight is 443 g/mol. The van der Waals surface area contributed by atoms with Crippen molar-refractivity contribution in [2.24, 2.45) is 16.8 Å². The Morgan fingerprint density at radius 3 is 2.64 bits per heavy atom. The second-order valence-electron chi connectivity index (χ2n) is 6.93. The van der Waals surface area contributed by atoms with E-state index in [1.165, 1.54) is 12.8 Å². The molecule has 2 saturated heterocycles. The van der Waals surface area contributed by atoms with E-state index in [4.69, 9.17) is 4.99 Å². The van der Waals surface area contributed by atoms with Crippen LogP contribution in [0, 0.1) is 11.8 Å². The van der Waals surface area contributed by atoms with Crippen LogP contribution in [0.2, 0.25) is 0 Å². The Kier molecular flexibility index (Phi) is 7.91. The number of halogens is 1. The number of sulfone groups is 1. The van der Waals surface area contributed by atoms with Gasteiger partial charge in [0.1, 0.15) is 0 Å². The molecule has 2 atom stereocenters. The highest BCUT2D eigenvalue weighted by Crippen LogP contribution is 2.19. The zero-order valence-corrected chi connectivity index (χ0v) is 17.1. The molecule has 0 aromatic rings. The van der Waals surface area contributed by atoms with Gasteiger partial charge in [-0.2, -0.15) is 0 Å². The predicted molar refractivity (Wildman–Crippen MR) is 103 cm³/mol. The molecule has 0 bridgehead atoms. The number of piperidine rings is 1. The van der Waals surface area contributed by atoms with Crippen molar-refractivity contribution < 1.29 is 8.42 Å². The third-order valence-corrected chi connectivity index (χ3v) is 6.04. The summed E-state index contributed by atoms with van der Waals surface area (Å²) in [5.41, 5.74) is 0. The summed E-state index contributed by atoms with van der Waals surface area (Å²) in [5, 5.41) is 3.44. The summed E-state index contributed by atoms with van der Waals surface area (Å²) in [5.74, 6) is 2.50. The number of nitrogens with zero attached hydrogens (tertiary/aromatic N) is 2. The maximum Gasteiger partial charge on any atom is 0.194 e. The summed E-state index contributed by atoms with van der Waals surface area (Å²) in [6.07, 6.45) is 3.25. The van der Waals surface area contributed by atoms with Crippen LogP contribution < -0.4 is 5.32 Å². The Bertz CT molecular complexity index is 479. The lowest BCUT2D eigenvalue weighted by atomic mass is 10.0. The maximum atomic E-state index is 11.5. The molecule has 0 aliphatic carbocycles. The van der Waals surface area contributed by atoms with Crippen molar-refractivity contribution >= 4 is 39.8 Å². The SMILES string of the molecule is CC1CCCN(C(=NCC2CCS(=O)(=O)C2)NC(C)C)C1.I. The molecule has 2 aliphatic rings. The Morgan fingerprint density at radius 2 is 2.09 bits per heavy atom. The number of hydrogen-bond donors (Lipinski definition) is 1. The normalized spacial score (nSPS) is 28.5. The smallest absolute Gasteiger partial charge is 0.194 e. The fourth-order valence-corrected chi connectivity index (χ4v) is 4.96. The summed E-state index contributed by atoms with van der Waals surface area (Å²) in [6.45, 7) is 9.22. The van der Waals surface area contributed by atoms with Crippen LogP contribution in [0.25, 0.3) is 0 Å². The molecular weight excluding hydrogens is 413 g/mol. The van der Waals surface area contributed by atoms with Crippen molar-refractivity contribution in [3.63, 3.8) is 0 Å². The van der Waals surface area contributed by atoms with Crippen molar-refractivity contribution in [1.82, 2.24) is 10.2 Å². The molecule has 0 aromatic carbocycles. The molecule has 0 amide bonds. The largest absolute Gasteiger partial charge is 0.354 e. The predicted octanol–water partition coefficient (Wildman–Crippen LogP) is 2.13. The van der Waals surface area contributed by atoms with E-state index in [0.29, 0.717) is 30.0 Å². The molecule has 22 heavy (non-hydrogen) atoms. The van der Waals surface area contributed by atoms with Gasteiger partial charge >= 0.3 is 0 Å². The first kappa shape index (κ1) is 20.0. The van der Waals surface area contributed by atoms with Crippen molar-refractivity contribution in [1.29, 1.82) is 0 Å². The van der Waals surface area contributed by atoms with Crippen LogP contribution in [-0.2, 0) is 9.84 Å². The fourth-order valence-electron chi connectivity index (χ4n) is 3.11. The maximum absolute atomic E-state index is 11.5. The number of likely N-dealkylation sites (tertiary alicyclic amines) is 1. The number of rotatable bonds is 3. The van der Waals surface area contributed by atoms with Gasteiger partial charge in [0.05, 0.1) is 11.5 Å². The second kappa shape index (κ2) is 8.70. The topological polar surface area (TPSA) is 61.8 Å². The number of hydrogen-bond acceptors (Lipinski definition) is 3. The van der Waals surface area contributed by atoms with E-state index < -0.39 is 9.84 Å². The molecule has 0 saturated carbocycles. The highest BCUT2D eigenvalue weighted by atomic mass is 127. The first-order valence-electron chi connectivity index (χ1n) is 8.12. The second-order valence-corrected chi connectivity index (χ2v) is 9.15. The zero-order chi connectivity index (χ0) is 15.5. The molecule has 5 nitrogen and oxygen atoms in total. The number of aliphatic imine (C=N–C) groups is 1. The standard InChI is InChI=1S/C15H29N3O2S.HI/c1-12(2)17-15(18-7-4-5-13(3)10-18)16-9-14-6-8-21(19,20)11-14;/h12-14H,4-11H2,1-3H3,(H,16,17);1H. The Hall–Kier alpha value is -0.0500. The Morgan fingerprint density at radius 1 is 1.36 bits per heavy atom. The number of nitrogens with one attached hydrogen (secondary N) is 1. The van der Waals surface area contributed by atoms with E-state index >= 15 is 0 Å². The molecule has 2 unspecified atom stereocenters. The van der Waals surface area contributed by atoms with Crippen molar-refractivity contribution in [2.75, 3.05) is 31.1 Å². The van der Waals surface area contributed by atoms with Gasteiger partial charge in [-0.1, -0.05) is 6.92 Å². The van der Waals surface area contributed by atoms with Gasteiger partial charge in [0.2, 0.25) is 0 Å². The molecule has 2 aliphatic heterocycles. The van der Waals surface area contributed by atoms with Crippen LogP contribution in [0.5, 0.6) is 0 Å². The van der Waals surface area contributed by atoms with Crippen LogP contribution in [0.4, 0.5) is 0 Å². The third-order valence-electron chi connectivity index (χ3n) is 4.20. The van der Waals surface area contributed by atoms with E-state index in [-0.39, 0.29) is 29.9 Å². The molecule has 2 fully saturated rings. The average Bonchev–Trinajstić information content (AvgIpc) is 2.74. The van der Waals surface area contributed by atoms with E-state index in [1.807, 2.05) is 0 Å². The monoisotopic (exact) mass is 443 g/mol. The van der Waals surface area contributed by atoms with Gasteiger partial charge in [-0.3, -0.25) is 4.99 Å². The minimum atomic E-state index is -2.80.